The average Bonchev–Trinajstić information content (AvgIpc) is 2.64. The van der Waals surface area contributed by atoms with Crippen LogP contribution in [0.3, 0.4) is 0 Å². The molecule has 0 amide bonds. The smallest absolute Gasteiger partial charge is 0.184 e. The lowest BCUT2D eigenvalue weighted by molar-refractivity contribution is 0.0966. The van der Waals surface area contributed by atoms with Gasteiger partial charge in [0, 0.05) is 5.56 Å². The number of carbonyl (C=O) groups is 1. The minimum absolute atomic E-state index is 0.0658. The molecule has 0 aliphatic heterocycles. The lowest BCUT2D eigenvalue weighted by atomic mass is 10.1. The van der Waals surface area contributed by atoms with Crippen LogP contribution in [0.1, 0.15) is 16.1 Å². The van der Waals surface area contributed by atoms with Gasteiger partial charge in [-0.3, -0.25) is 9.48 Å². The number of ketones is 1. The van der Waals surface area contributed by atoms with Crippen molar-refractivity contribution in [2.45, 2.75) is 13.5 Å². The van der Waals surface area contributed by atoms with Crippen molar-refractivity contribution in [3.8, 4) is 0 Å². The van der Waals surface area contributed by atoms with Gasteiger partial charge < -0.3 is 0 Å². The number of carbonyl (C=O) groups excluding carboxylic acids is 1. The van der Waals surface area contributed by atoms with Crippen LogP contribution >= 0.6 is 11.6 Å². The Kier molecular flexibility index (Phi) is 3.43. The highest BCUT2D eigenvalue weighted by molar-refractivity contribution is 6.31. The summed E-state index contributed by atoms with van der Waals surface area (Å²) in [4.78, 5) is 11.8. The quantitative estimate of drug-likeness (QED) is 0.804. The van der Waals surface area contributed by atoms with Gasteiger partial charge in [-0.15, -0.1) is 0 Å². The Morgan fingerprint density at radius 1 is 1.39 bits per heavy atom. The number of hydrogen-bond acceptors (Lipinski definition) is 2. The molecule has 0 spiro atoms. The van der Waals surface area contributed by atoms with Crippen LogP contribution in [0, 0.1) is 18.6 Å². The number of aromatic nitrogens is 2. The Labute approximate surface area is 107 Å². The molecule has 0 saturated carbocycles. The highest BCUT2D eigenvalue weighted by atomic mass is 35.5. The van der Waals surface area contributed by atoms with Crippen molar-refractivity contribution in [2.24, 2.45) is 0 Å². The van der Waals surface area contributed by atoms with Crippen LogP contribution in [0.4, 0.5) is 8.78 Å². The zero-order valence-electron chi connectivity index (χ0n) is 9.45. The molecule has 6 heteroatoms. The zero-order valence-corrected chi connectivity index (χ0v) is 10.2. The Bertz CT molecular complexity index is 610. The normalized spacial score (nSPS) is 10.7. The first-order chi connectivity index (χ1) is 8.49. The third-order valence-corrected chi connectivity index (χ3v) is 2.95. The van der Waals surface area contributed by atoms with Crippen molar-refractivity contribution >= 4 is 17.4 Å². The van der Waals surface area contributed by atoms with E-state index in [0.717, 1.165) is 12.1 Å². The van der Waals surface area contributed by atoms with Gasteiger partial charge >= 0.3 is 0 Å². The highest BCUT2D eigenvalue weighted by Gasteiger charge is 2.13. The maximum atomic E-state index is 13.0. The van der Waals surface area contributed by atoms with Crippen molar-refractivity contribution in [2.75, 3.05) is 0 Å². The SMILES string of the molecule is Cc1c(Cl)cnn1CC(=O)c1ccc(F)c(F)c1. The second-order valence-corrected chi connectivity index (χ2v) is 4.19. The van der Waals surface area contributed by atoms with E-state index in [9.17, 15) is 13.6 Å². The van der Waals surface area contributed by atoms with Crippen LogP contribution in [0.5, 0.6) is 0 Å². The van der Waals surface area contributed by atoms with Gasteiger partial charge in [0.1, 0.15) is 6.54 Å². The van der Waals surface area contributed by atoms with Crippen LogP contribution in [-0.4, -0.2) is 15.6 Å². The van der Waals surface area contributed by atoms with E-state index < -0.39 is 11.6 Å². The summed E-state index contributed by atoms with van der Waals surface area (Å²) in [5.74, 6) is -2.39. The van der Waals surface area contributed by atoms with Crippen LogP contribution < -0.4 is 0 Å². The fourth-order valence-corrected chi connectivity index (χ4v) is 1.62. The largest absolute Gasteiger partial charge is 0.292 e. The molecule has 94 valence electrons. The van der Waals surface area contributed by atoms with Crippen LogP contribution in [0.15, 0.2) is 24.4 Å². The van der Waals surface area contributed by atoms with Gasteiger partial charge in [-0.2, -0.15) is 5.10 Å². The molecule has 0 N–H and O–H groups in total. The van der Waals surface area contributed by atoms with Crippen molar-refractivity contribution in [3.05, 3.63) is 52.3 Å². The van der Waals surface area contributed by atoms with Gasteiger partial charge in [0.15, 0.2) is 17.4 Å². The summed E-state index contributed by atoms with van der Waals surface area (Å²) in [5.41, 5.74) is 0.743. The second kappa shape index (κ2) is 4.86. The molecule has 0 bridgehead atoms. The topological polar surface area (TPSA) is 34.9 Å². The molecular formula is C12H9ClF2N2O. The molecule has 3 nitrogen and oxygen atoms in total. The summed E-state index contributed by atoms with van der Waals surface area (Å²) in [6.45, 7) is 1.65. The molecule has 0 atom stereocenters. The molecule has 0 saturated heterocycles. The van der Waals surface area contributed by atoms with E-state index in [1.54, 1.807) is 6.92 Å². The van der Waals surface area contributed by atoms with E-state index in [0.29, 0.717) is 10.7 Å². The second-order valence-electron chi connectivity index (χ2n) is 3.79. The van der Waals surface area contributed by atoms with E-state index >= 15 is 0 Å². The summed E-state index contributed by atoms with van der Waals surface area (Å²) in [7, 11) is 0. The Morgan fingerprint density at radius 3 is 2.67 bits per heavy atom. The van der Waals surface area contributed by atoms with Crippen molar-refractivity contribution in [1.82, 2.24) is 9.78 Å². The van der Waals surface area contributed by atoms with Crippen molar-refractivity contribution in [3.63, 3.8) is 0 Å². The first-order valence-electron chi connectivity index (χ1n) is 5.15. The van der Waals surface area contributed by atoms with E-state index in [4.69, 9.17) is 11.6 Å². The van der Waals surface area contributed by atoms with Crippen molar-refractivity contribution in [1.29, 1.82) is 0 Å². The molecule has 18 heavy (non-hydrogen) atoms. The third kappa shape index (κ3) is 2.41. The molecule has 0 aliphatic rings. The monoisotopic (exact) mass is 270 g/mol. The minimum Gasteiger partial charge on any atom is -0.292 e. The molecule has 0 radical (unpaired) electrons. The van der Waals surface area contributed by atoms with E-state index in [2.05, 4.69) is 5.10 Å². The van der Waals surface area contributed by atoms with E-state index in [-0.39, 0.29) is 17.9 Å². The molecule has 2 aromatic rings. The van der Waals surface area contributed by atoms with Crippen LogP contribution in [0.2, 0.25) is 5.02 Å². The first kappa shape index (κ1) is 12.7. The summed E-state index contributed by atoms with van der Waals surface area (Å²) < 4.78 is 27.1. The van der Waals surface area contributed by atoms with E-state index in [1.807, 2.05) is 0 Å². The lowest BCUT2D eigenvalue weighted by Crippen LogP contribution is -2.13. The fourth-order valence-electron chi connectivity index (χ4n) is 1.48. The molecule has 0 unspecified atom stereocenters. The predicted octanol–water partition coefficient (Wildman–Crippen LogP) is 3.01. The summed E-state index contributed by atoms with van der Waals surface area (Å²) in [5, 5.41) is 4.37. The summed E-state index contributed by atoms with van der Waals surface area (Å²) >= 11 is 5.80. The zero-order chi connectivity index (χ0) is 13.3. The first-order valence-corrected chi connectivity index (χ1v) is 5.53. The molecular weight excluding hydrogens is 262 g/mol. The van der Waals surface area contributed by atoms with Crippen LogP contribution in [0.25, 0.3) is 0 Å². The molecule has 0 fully saturated rings. The number of hydrogen-bond donors (Lipinski definition) is 0. The van der Waals surface area contributed by atoms with Gasteiger partial charge in [0.2, 0.25) is 0 Å². The molecule has 0 aliphatic carbocycles. The predicted molar refractivity (Wildman–Crippen MR) is 62.7 cm³/mol. The Balaban J connectivity index is 2.22. The standard InChI is InChI=1S/C12H9ClF2N2O/c1-7-9(13)5-16-17(7)6-12(18)8-2-3-10(14)11(15)4-8/h2-5H,6H2,1H3. The van der Waals surface area contributed by atoms with Gasteiger partial charge in [-0.1, -0.05) is 11.6 Å². The van der Waals surface area contributed by atoms with Gasteiger partial charge in [0.05, 0.1) is 16.9 Å². The number of benzene rings is 1. The molecule has 1 aromatic carbocycles. The fraction of sp³-hybridized carbons (Fsp3) is 0.167. The molecule has 2 rings (SSSR count). The average molecular weight is 271 g/mol. The third-order valence-electron chi connectivity index (χ3n) is 2.58. The maximum absolute atomic E-state index is 13.0. The Hall–Kier alpha value is -1.75. The Morgan fingerprint density at radius 2 is 2.11 bits per heavy atom. The minimum atomic E-state index is -1.05. The number of nitrogens with zero attached hydrogens (tertiary/aromatic N) is 2. The number of rotatable bonds is 3. The van der Waals surface area contributed by atoms with Crippen molar-refractivity contribution < 1.29 is 13.6 Å². The van der Waals surface area contributed by atoms with E-state index in [1.165, 1.54) is 16.9 Å². The lowest BCUT2D eigenvalue weighted by Gasteiger charge is -2.04. The van der Waals surface area contributed by atoms with Gasteiger partial charge in [0.25, 0.3) is 0 Å². The number of halogens is 3. The molecule has 1 aromatic heterocycles. The number of Topliss-reactive ketones (excluding diaryl/α,β-unsaturated/α-hetero) is 1. The molecule has 1 heterocycles. The maximum Gasteiger partial charge on any atom is 0.184 e. The van der Waals surface area contributed by atoms with Crippen LogP contribution in [-0.2, 0) is 6.54 Å². The highest BCUT2D eigenvalue weighted by Crippen LogP contribution is 2.15. The summed E-state index contributed by atoms with van der Waals surface area (Å²) in [6.07, 6.45) is 1.43. The summed E-state index contributed by atoms with van der Waals surface area (Å²) in [6, 6.07) is 3.03. The van der Waals surface area contributed by atoms with Gasteiger partial charge in [-0.25, -0.2) is 8.78 Å². The van der Waals surface area contributed by atoms with Gasteiger partial charge in [-0.05, 0) is 25.1 Å².